The fourth-order valence-electron chi connectivity index (χ4n) is 0.703. The Bertz CT molecular complexity index is 286. The molecule has 3 heteroatoms. The predicted molar refractivity (Wildman–Crippen MR) is 47.2 cm³/mol. The predicted octanol–water partition coefficient (Wildman–Crippen LogP) is 2.11. The van der Waals surface area contributed by atoms with Gasteiger partial charge in [0.1, 0.15) is 18.3 Å². The molecule has 0 aliphatic carbocycles. The van der Waals surface area contributed by atoms with Crippen LogP contribution in [0.5, 0.6) is 5.75 Å². The molecular weight excluding hydrogens is 176 g/mol. The number of halogens is 1. The zero-order valence-corrected chi connectivity index (χ0v) is 7.04. The molecule has 0 aliphatic heterocycles. The van der Waals surface area contributed by atoms with E-state index in [1.165, 1.54) is 6.08 Å². The molecular formula is C9H7ClO2. The normalized spacial score (nSPS) is 8.75. The van der Waals surface area contributed by atoms with Crippen LogP contribution < -0.4 is 4.74 Å². The first-order chi connectivity index (χ1) is 5.83. The van der Waals surface area contributed by atoms with Crippen LogP contribution in [0.4, 0.5) is 0 Å². The monoisotopic (exact) mass is 182 g/mol. The molecule has 0 radical (unpaired) electrons. The lowest BCUT2D eigenvalue weighted by atomic mass is 10.3. The molecule has 0 unspecified atom stereocenters. The Labute approximate surface area is 75.4 Å². The van der Waals surface area contributed by atoms with Crippen molar-refractivity contribution < 1.29 is 9.53 Å². The molecule has 2 nitrogen and oxygen atoms in total. The van der Waals surface area contributed by atoms with Gasteiger partial charge in [-0.25, -0.2) is 4.79 Å². The third-order valence-electron chi connectivity index (χ3n) is 1.23. The van der Waals surface area contributed by atoms with Crippen LogP contribution in [0.1, 0.15) is 0 Å². The van der Waals surface area contributed by atoms with Crippen LogP contribution in [0.2, 0.25) is 5.02 Å². The highest BCUT2D eigenvalue weighted by atomic mass is 35.5. The third-order valence-corrected chi connectivity index (χ3v) is 1.48. The van der Waals surface area contributed by atoms with Crippen molar-refractivity contribution >= 4 is 17.5 Å². The second kappa shape index (κ2) is 4.60. The van der Waals surface area contributed by atoms with Crippen molar-refractivity contribution in [1.29, 1.82) is 0 Å². The molecule has 0 saturated heterocycles. The van der Waals surface area contributed by atoms with E-state index in [-0.39, 0.29) is 6.61 Å². The first-order valence-electron chi connectivity index (χ1n) is 3.40. The minimum atomic E-state index is 0.241. The minimum absolute atomic E-state index is 0.241. The van der Waals surface area contributed by atoms with E-state index in [2.05, 4.69) is 0 Å². The Kier molecular flexibility index (Phi) is 3.39. The molecule has 1 rings (SSSR count). The first kappa shape index (κ1) is 8.85. The zero-order chi connectivity index (χ0) is 8.81. The molecule has 0 aromatic heterocycles. The maximum Gasteiger partial charge on any atom is 0.123 e. The van der Waals surface area contributed by atoms with E-state index in [1.54, 1.807) is 30.2 Å². The van der Waals surface area contributed by atoms with Crippen molar-refractivity contribution in [1.82, 2.24) is 0 Å². The van der Waals surface area contributed by atoms with Gasteiger partial charge in [0.15, 0.2) is 0 Å². The summed E-state index contributed by atoms with van der Waals surface area (Å²) in [5.74, 6) is 2.31. The quantitative estimate of drug-likeness (QED) is 0.670. The summed E-state index contributed by atoms with van der Waals surface area (Å²) in [5, 5.41) is 0.660. The Hall–Kier alpha value is -1.24. The summed E-state index contributed by atoms with van der Waals surface area (Å²) in [6.07, 6.45) is 1.27. The van der Waals surface area contributed by atoms with Crippen LogP contribution in [0, 0.1) is 0 Å². The summed E-state index contributed by atoms with van der Waals surface area (Å²) in [6, 6.07) is 6.92. The van der Waals surface area contributed by atoms with Crippen molar-refractivity contribution in [2.24, 2.45) is 0 Å². The maximum absolute atomic E-state index is 9.77. The van der Waals surface area contributed by atoms with Crippen molar-refractivity contribution in [2.75, 3.05) is 6.61 Å². The summed E-state index contributed by atoms with van der Waals surface area (Å²) in [5.41, 5.74) is 0. The van der Waals surface area contributed by atoms with Crippen LogP contribution in [-0.4, -0.2) is 12.5 Å². The zero-order valence-electron chi connectivity index (χ0n) is 6.29. The van der Waals surface area contributed by atoms with Crippen LogP contribution in [-0.2, 0) is 4.79 Å². The topological polar surface area (TPSA) is 26.3 Å². The Balaban J connectivity index is 2.53. The second-order valence-corrected chi connectivity index (χ2v) is 2.52. The minimum Gasteiger partial charge on any atom is -0.489 e. The number of hydrogen-bond acceptors (Lipinski definition) is 2. The summed E-state index contributed by atoms with van der Waals surface area (Å²) < 4.78 is 5.12. The fourth-order valence-corrected chi connectivity index (χ4v) is 0.829. The largest absolute Gasteiger partial charge is 0.489 e. The van der Waals surface area contributed by atoms with Gasteiger partial charge in [-0.05, 0) is 24.3 Å². The first-order valence-corrected chi connectivity index (χ1v) is 3.78. The van der Waals surface area contributed by atoms with Gasteiger partial charge in [0.05, 0.1) is 0 Å². The average Bonchev–Trinajstić information content (AvgIpc) is 2.09. The van der Waals surface area contributed by atoms with Gasteiger partial charge in [-0.1, -0.05) is 11.6 Å². The number of ether oxygens (including phenoxy) is 1. The van der Waals surface area contributed by atoms with Crippen LogP contribution in [0.3, 0.4) is 0 Å². The van der Waals surface area contributed by atoms with Crippen molar-refractivity contribution in [3.05, 3.63) is 35.4 Å². The molecule has 0 heterocycles. The molecule has 1 aromatic carbocycles. The molecule has 0 bridgehead atoms. The third kappa shape index (κ3) is 2.79. The lowest BCUT2D eigenvalue weighted by molar-refractivity contribution is 0.363. The second-order valence-electron chi connectivity index (χ2n) is 2.09. The number of carbonyl (C=O) groups excluding carboxylic acids is 1. The van der Waals surface area contributed by atoms with Crippen molar-refractivity contribution in [2.45, 2.75) is 0 Å². The number of benzene rings is 1. The highest BCUT2D eigenvalue weighted by molar-refractivity contribution is 6.30. The summed E-state index contributed by atoms with van der Waals surface area (Å²) in [7, 11) is 0. The molecule has 0 fully saturated rings. The van der Waals surface area contributed by atoms with Crippen molar-refractivity contribution in [3.8, 4) is 5.75 Å². The highest BCUT2D eigenvalue weighted by Crippen LogP contribution is 2.14. The molecule has 62 valence electrons. The molecule has 0 atom stereocenters. The molecule has 12 heavy (non-hydrogen) atoms. The summed E-state index contributed by atoms with van der Waals surface area (Å²) in [6.45, 7) is 0.241. The number of hydrogen-bond donors (Lipinski definition) is 0. The van der Waals surface area contributed by atoms with E-state index in [9.17, 15) is 4.79 Å². The van der Waals surface area contributed by atoms with Gasteiger partial charge in [-0.3, -0.25) is 0 Å². The van der Waals surface area contributed by atoms with E-state index < -0.39 is 0 Å². The van der Waals surface area contributed by atoms with E-state index in [1.807, 2.05) is 0 Å². The fraction of sp³-hybridized carbons (Fsp3) is 0.111. The van der Waals surface area contributed by atoms with Gasteiger partial charge in [-0.15, -0.1) is 0 Å². The Morgan fingerprint density at radius 3 is 2.67 bits per heavy atom. The summed E-state index contributed by atoms with van der Waals surface area (Å²) >= 11 is 5.65. The number of rotatable bonds is 3. The van der Waals surface area contributed by atoms with Gasteiger partial charge in [0.2, 0.25) is 0 Å². The molecule has 0 aliphatic rings. The van der Waals surface area contributed by atoms with Gasteiger partial charge < -0.3 is 4.74 Å². The van der Waals surface area contributed by atoms with Crippen molar-refractivity contribution in [3.63, 3.8) is 0 Å². The lowest BCUT2D eigenvalue weighted by Crippen LogP contribution is -1.92. The standard InChI is InChI=1S/C9H7ClO2/c10-8-2-4-9(5-3-8)12-7-1-6-11/h1-5H,7H2. The van der Waals surface area contributed by atoms with Crippen LogP contribution in [0.25, 0.3) is 0 Å². The lowest BCUT2D eigenvalue weighted by Gasteiger charge is -2.00. The van der Waals surface area contributed by atoms with Gasteiger partial charge in [0, 0.05) is 11.1 Å². The van der Waals surface area contributed by atoms with Gasteiger partial charge in [0.25, 0.3) is 0 Å². The average molecular weight is 183 g/mol. The van der Waals surface area contributed by atoms with Crippen LogP contribution in [0.15, 0.2) is 30.3 Å². The van der Waals surface area contributed by atoms with E-state index in [0.717, 1.165) is 0 Å². The SMILES string of the molecule is O=C=CCOc1ccc(Cl)cc1. The smallest absolute Gasteiger partial charge is 0.123 e. The molecule has 0 N–H and O–H groups in total. The van der Waals surface area contributed by atoms with E-state index in [0.29, 0.717) is 10.8 Å². The molecule has 0 amide bonds. The van der Waals surface area contributed by atoms with Gasteiger partial charge >= 0.3 is 0 Å². The Morgan fingerprint density at radius 1 is 1.42 bits per heavy atom. The Morgan fingerprint density at radius 2 is 2.08 bits per heavy atom. The summed E-state index contributed by atoms with van der Waals surface area (Å²) in [4.78, 5) is 9.77. The van der Waals surface area contributed by atoms with Crippen LogP contribution >= 0.6 is 11.6 Å². The van der Waals surface area contributed by atoms with Gasteiger partial charge in [-0.2, -0.15) is 0 Å². The highest BCUT2D eigenvalue weighted by Gasteiger charge is 1.90. The molecule has 1 aromatic rings. The molecule has 0 saturated carbocycles. The maximum atomic E-state index is 9.77. The van der Waals surface area contributed by atoms with E-state index in [4.69, 9.17) is 16.3 Å². The molecule has 0 spiro atoms. The van der Waals surface area contributed by atoms with E-state index >= 15 is 0 Å².